The molecular formula is C28H23FN4O5S. The molecule has 2 N–H and O–H groups in total. The van der Waals surface area contributed by atoms with Gasteiger partial charge in [0.1, 0.15) is 17.1 Å². The maximum atomic E-state index is 14.0. The lowest BCUT2D eigenvalue weighted by molar-refractivity contribution is 0.244. The summed E-state index contributed by atoms with van der Waals surface area (Å²) >= 11 is 0. The van der Waals surface area contributed by atoms with Crippen molar-refractivity contribution in [1.29, 1.82) is 5.26 Å². The van der Waals surface area contributed by atoms with Crippen molar-refractivity contribution in [2.24, 2.45) is 0 Å². The van der Waals surface area contributed by atoms with E-state index in [4.69, 9.17) is 4.74 Å². The molecule has 0 spiro atoms. The van der Waals surface area contributed by atoms with E-state index in [1.165, 1.54) is 12.1 Å². The minimum Gasteiger partial charge on any atom is -0.490 e. The van der Waals surface area contributed by atoms with Crippen molar-refractivity contribution in [2.75, 3.05) is 13.1 Å². The van der Waals surface area contributed by atoms with Gasteiger partial charge < -0.3 is 23.8 Å². The van der Waals surface area contributed by atoms with Gasteiger partial charge >= 0.3 is 10.5 Å². The fourth-order valence-corrected chi connectivity index (χ4v) is 5.44. The Labute approximate surface area is 222 Å². The highest BCUT2D eigenvalue weighted by atomic mass is 32.3. The van der Waals surface area contributed by atoms with Gasteiger partial charge in [0.25, 0.3) is 0 Å². The summed E-state index contributed by atoms with van der Waals surface area (Å²) in [6.07, 6.45) is -0.230. The van der Waals surface area contributed by atoms with Crippen LogP contribution in [0.4, 0.5) is 3.89 Å². The second kappa shape index (κ2) is 9.11. The van der Waals surface area contributed by atoms with Crippen molar-refractivity contribution in [2.45, 2.75) is 26.0 Å². The predicted molar refractivity (Wildman–Crippen MR) is 146 cm³/mol. The van der Waals surface area contributed by atoms with Gasteiger partial charge in [0, 0.05) is 29.6 Å². The van der Waals surface area contributed by atoms with E-state index in [1.54, 1.807) is 36.4 Å². The fourth-order valence-electron chi connectivity index (χ4n) is 5.11. The molecule has 1 aliphatic heterocycles. The van der Waals surface area contributed by atoms with Crippen LogP contribution in [0.15, 0.2) is 59.4 Å². The van der Waals surface area contributed by atoms with Crippen LogP contribution in [0.5, 0.6) is 11.5 Å². The van der Waals surface area contributed by atoms with Crippen molar-refractivity contribution < 1.29 is 21.2 Å². The third kappa shape index (κ3) is 4.37. The van der Waals surface area contributed by atoms with Crippen molar-refractivity contribution in [3.05, 3.63) is 70.4 Å². The summed E-state index contributed by atoms with van der Waals surface area (Å²) in [5.41, 5.74) is 3.40. The van der Waals surface area contributed by atoms with Gasteiger partial charge in [0.15, 0.2) is 5.43 Å². The highest BCUT2D eigenvalue weighted by Gasteiger charge is 2.27. The first-order valence-corrected chi connectivity index (χ1v) is 13.6. The molecule has 39 heavy (non-hydrogen) atoms. The average molecular weight is 547 g/mol. The van der Waals surface area contributed by atoms with Crippen molar-refractivity contribution >= 4 is 43.3 Å². The maximum absolute atomic E-state index is 14.0. The monoisotopic (exact) mass is 546 g/mol. The van der Waals surface area contributed by atoms with Crippen LogP contribution in [0.1, 0.15) is 25.5 Å². The van der Waals surface area contributed by atoms with Crippen LogP contribution in [0.3, 0.4) is 0 Å². The molecule has 0 unspecified atom stereocenters. The third-order valence-corrected chi connectivity index (χ3v) is 7.20. The highest BCUT2D eigenvalue weighted by Crippen LogP contribution is 2.39. The Hall–Kier alpha value is -4.40. The average Bonchev–Trinajstić information content (AvgIpc) is 3.22. The number of pyridine rings is 1. The molecular weight excluding hydrogens is 523 g/mol. The molecule has 1 fully saturated rings. The number of halogens is 1. The number of aromatic amines is 1. The first-order chi connectivity index (χ1) is 18.6. The molecule has 1 saturated heterocycles. The lowest BCUT2D eigenvalue weighted by Crippen LogP contribution is -2.44. The van der Waals surface area contributed by atoms with Crippen LogP contribution in [-0.2, 0) is 10.5 Å². The molecule has 6 rings (SSSR count). The molecule has 5 aromatic rings. The Kier molecular flexibility index (Phi) is 5.82. The first kappa shape index (κ1) is 24.9. The molecule has 3 heterocycles. The summed E-state index contributed by atoms with van der Waals surface area (Å²) < 4.78 is 48.1. The van der Waals surface area contributed by atoms with E-state index in [0.29, 0.717) is 63.0 Å². The minimum absolute atomic E-state index is 0.0511. The smallest absolute Gasteiger partial charge is 0.488 e. The molecule has 1 aliphatic rings. The zero-order valence-corrected chi connectivity index (χ0v) is 21.8. The lowest BCUT2D eigenvalue weighted by Gasteiger charge is -2.32. The number of nitrogens with one attached hydrogen (secondary N) is 2. The Bertz CT molecular complexity index is 2000. The van der Waals surface area contributed by atoms with Gasteiger partial charge in [-0.15, -0.1) is 0 Å². The topological polar surface area (TPSA) is 126 Å². The van der Waals surface area contributed by atoms with Gasteiger partial charge in [0.2, 0.25) is 0 Å². The van der Waals surface area contributed by atoms with Gasteiger partial charge in [-0.3, -0.25) is 4.79 Å². The summed E-state index contributed by atoms with van der Waals surface area (Å²) in [7, 11) is -5.21. The lowest BCUT2D eigenvalue weighted by atomic mass is 9.99. The minimum atomic E-state index is -5.21. The van der Waals surface area contributed by atoms with E-state index in [2.05, 4.69) is 25.1 Å². The highest BCUT2D eigenvalue weighted by molar-refractivity contribution is 7.81. The van der Waals surface area contributed by atoms with Crippen LogP contribution in [0.2, 0.25) is 0 Å². The normalized spacial score (nSPS) is 14.1. The molecule has 2 aromatic heterocycles. The zero-order chi connectivity index (χ0) is 27.5. The number of nitriles is 1. The fraction of sp³-hybridized carbons (Fsp3) is 0.214. The number of hydrogen-bond acceptors (Lipinski definition) is 7. The molecule has 0 amide bonds. The van der Waals surface area contributed by atoms with Gasteiger partial charge in [-0.2, -0.15) is 13.7 Å². The molecule has 198 valence electrons. The second-order valence-electron chi connectivity index (χ2n) is 9.77. The number of H-pyrrole nitrogens is 1. The molecule has 0 aliphatic carbocycles. The number of hydrogen-bond donors (Lipinski definition) is 2. The predicted octanol–water partition coefficient (Wildman–Crippen LogP) is 4.70. The molecule has 0 radical (unpaired) electrons. The van der Waals surface area contributed by atoms with Crippen LogP contribution in [-0.4, -0.2) is 37.2 Å². The van der Waals surface area contributed by atoms with E-state index in [9.17, 15) is 22.4 Å². The van der Waals surface area contributed by atoms with Gasteiger partial charge in [-0.1, -0.05) is 22.1 Å². The van der Waals surface area contributed by atoms with Crippen LogP contribution in [0.25, 0.3) is 44.0 Å². The number of fused-ring (bicyclic) bond motifs is 4. The third-order valence-electron chi connectivity index (χ3n) is 6.81. The summed E-state index contributed by atoms with van der Waals surface area (Å²) in [4.78, 5) is 17.4. The number of nitrogens with zero attached hydrogens (tertiary/aromatic N) is 2. The standard InChI is InChI=1S/C28H23FN4O5S/c1-15(2)37-25-11-22-24(10-21(25)17-4-3-5-19(9-17)38-39(29,35)36)33(18-13-31-14-18)28-26(27(22)34)20-7-6-16(12-30)8-23(20)32-28/h3-11,15,18,31-32H,13-14H2,1-2H3. The first-order valence-electron chi connectivity index (χ1n) is 12.3. The Morgan fingerprint density at radius 2 is 1.90 bits per heavy atom. The van der Waals surface area contributed by atoms with Crippen LogP contribution < -0.4 is 19.7 Å². The van der Waals surface area contributed by atoms with E-state index in [-0.39, 0.29) is 23.3 Å². The molecule has 9 nitrogen and oxygen atoms in total. The van der Waals surface area contributed by atoms with Crippen LogP contribution >= 0.6 is 0 Å². The van der Waals surface area contributed by atoms with E-state index in [0.717, 1.165) is 5.39 Å². The van der Waals surface area contributed by atoms with Gasteiger partial charge in [-0.25, -0.2) is 0 Å². The molecule has 3 aromatic carbocycles. The van der Waals surface area contributed by atoms with Crippen molar-refractivity contribution in [3.8, 4) is 28.7 Å². The van der Waals surface area contributed by atoms with E-state index in [1.807, 2.05) is 19.9 Å². The zero-order valence-electron chi connectivity index (χ0n) is 21.0. The largest absolute Gasteiger partial charge is 0.490 e. The van der Waals surface area contributed by atoms with Crippen molar-refractivity contribution in [1.82, 2.24) is 14.9 Å². The quantitative estimate of drug-likeness (QED) is 0.296. The maximum Gasteiger partial charge on any atom is 0.488 e. The number of rotatable bonds is 6. The Morgan fingerprint density at radius 1 is 1.10 bits per heavy atom. The van der Waals surface area contributed by atoms with Crippen molar-refractivity contribution in [3.63, 3.8) is 0 Å². The SMILES string of the molecule is CC(C)Oc1cc2c(=O)c3c4ccc(C#N)cc4[nH]c3n(C3CNC3)c2cc1-c1cccc(OS(=O)(=O)F)c1. The molecule has 0 bridgehead atoms. The van der Waals surface area contributed by atoms with Gasteiger partial charge in [-0.05, 0) is 55.8 Å². The number of ether oxygens (including phenoxy) is 1. The van der Waals surface area contributed by atoms with E-state index < -0.39 is 10.5 Å². The Morgan fingerprint density at radius 3 is 2.56 bits per heavy atom. The molecule has 0 saturated carbocycles. The molecule has 11 heteroatoms. The Balaban J connectivity index is 1.69. The van der Waals surface area contributed by atoms with Crippen LogP contribution in [0, 0.1) is 11.3 Å². The number of benzene rings is 3. The summed E-state index contributed by atoms with van der Waals surface area (Å²) in [6.45, 7) is 5.11. The van der Waals surface area contributed by atoms with Gasteiger partial charge in [0.05, 0.1) is 40.1 Å². The number of aromatic nitrogens is 2. The molecule has 0 atom stereocenters. The summed E-state index contributed by atoms with van der Waals surface area (Å²) in [6, 6.07) is 17.0. The summed E-state index contributed by atoms with van der Waals surface area (Å²) in [5, 5.41) is 14.4. The van der Waals surface area contributed by atoms with E-state index >= 15 is 0 Å². The summed E-state index contributed by atoms with van der Waals surface area (Å²) in [5.74, 6) is 0.227. The second-order valence-corrected chi connectivity index (χ2v) is 10.7.